The van der Waals surface area contributed by atoms with Gasteiger partial charge in [0.2, 0.25) is 5.88 Å². The molecule has 0 saturated carbocycles. The second kappa shape index (κ2) is 6.86. The minimum Gasteiger partial charge on any atom is -0.472 e. The summed E-state index contributed by atoms with van der Waals surface area (Å²) in [5.74, 6) is 0.110. The van der Waals surface area contributed by atoms with Crippen molar-refractivity contribution in [3.63, 3.8) is 0 Å². The van der Waals surface area contributed by atoms with E-state index >= 15 is 0 Å². The van der Waals surface area contributed by atoms with E-state index in [4.69, 9.17) is 9.47 Å². The molecule has 0 aromatic carbocycles. The molecule has 1 aliphatic heterocycles. The summed E-state index contributed by atoms with van der Waals surface area (Å²) in [5.41, 5.74) is -1.41. The molecular formula is C16H21F3N2O3. The number of alkyl halides is 3. The minimum absolute atomic E-state index is 0.110. The van der Waals surface area contributed by atoms with E-state index in [1.165, 1.54) is 6.07 Å². The van der Waals surface area contributed by atoms with Crippen LogP contribution >= 0.6 is 0 Å². The van der Waals surface area contributed by atoms with E-state index in [1.54, 1.807) is 25.7 Å². The Morgan fingerprint density at radius 2 is 2.00 bits per heavy atom. The number of hydrogen-bond donors (Lipinski definition) is 0. The molecule has 2 rings (SSSR count). The molecule has 1 amide bonds. The molecule has 134 valence electrons. The summed E-state index contributed by atoms with van der Waals surface area (Å²) < 4.78 is 48.5. The standard InChI is InChI=1S/C16H21F3N2O3/c1-15(2,3)24-14(22)21-8-4-5-12(10-21)23-13-7-6-11(9-20-13)16(17,18)19/h6-7,9,12H,4-5,8,10H2,1-3H3/t12-/m0/s1. The molecule has 0 spiro atoms. The number of carbonyl (C=O) groups is 1. The number of piperidine rings is 1. The van der Waals surface area contributed by atoms with Crippen molar-refractivity contribution in [3.8, 4) is 5.88 Å². The highest BCUT2D eigenvalue weighted by molar-refractivity contribution is 5.68. The summed E-state index contributed by atoms with van der Waals surface area (Å²) in [5, 5.41) is 0. The highest BCUT2D eigenvalue weighted by Gasteiger charge is 2.31. The summed E-state index contributed by atoms with van der Waals surface area (Å²) >= 11 is 0. The van der Waals surface area contributed by atoms with Crippen molar-refractivity contribution in [3.05, 3.63) is 23.9 Å². The minimum atomic E-state index is -4.43. The van der Waals surface area contributed by atoms with Crippen LogP contribution in [0.25, 0.3) is 0 Å². The first-order valence-corrected chi connectivity index (χ1v) is 7.72. The van der Waals surface area contributed by atoms with Crippen molar-refractivity contribution < 1.29 is 27.4 Å². The van der Waals surface area contributed by atoms with Gasteiger partial charge in [0.15, 0.2) is 0 Å². The van der Waals surface area contributed by atoms with Gasteiger partial charge in [0.25, 0.3) is 0 Å². The van der Waals surface area contributed by atoms with Gasteiger partial charge in [-0.2, -0.15) is 13.2 Å². The Labute approximate surface area is 138 Å². The van der Waals surface area contributed by atoms with Gasteiger partial charge < -0.3 is 14.4 Å². The molecule has 1 aromatic heterocycles. The molecule has 8 heteroatoms. The Morgan fingerprint density at radius 3 is 2.54 bits per heavy atom. The number of hydrogen-bond acceptors (Lipinski definition) is 4. The fraction of sp³-hybridized carbons (Fsp3) is 0.625. The smallest absolute Gasteiger partial charge is 0.417 e. The zero-order valence-corrected chi connectivity index (χ0v) is 13.9. The lowest BCUT2D eigenvalue weighted by molar-refractivity contribution is -0.137. The molecule has 0 bridgehead atoms. The van der Waals surface area contributed by atoms with E-state index in [-0.39, 0.29) is 12.0 Å². The van der Waals surface area contributed by atoms with Gasteiger partial charge >= 0.3 is 12.3 Å². The number of rotatable bonds is 2. The Kier molecular flexibility index (Phi) is 5.25. The number of aromatic nitrogens is 1. The molecular weight excluding hydrogens is 325 g/mol. The van der Waals surface area contributed by atoms with E-state index in [0.29, 0.717) is 19.5 Å². The predicted octanol–water partition coefficient (Wildman–Crippen LogP) is 3.88. The summed E-state index contributed by atoms with van der Waals surface area (Å²) in [6.07, 6.45) is -3.01. The van der Waals surface area contributed by atoms with Gasteiger partial charge in [-0.1, -0.05) is 0 Å². The number of halogens is 3. The second-order valence-corrected chi connectivity index (χ2v) is 6.69. The second-order valence-electron chi connectivity index (χ2n) is 6.69. The lowest BCUT2D eigenvalue weighted by Crippen LogP contribution is -2.46. The highest BCUT2D eigenvalue weighted by Crippen LogP contribution is 2.29. The van der Waals surface area contributed by atoms with Crippen LogP contribution in [-0.4, -0.2) is 40.8 Å². The van der Waals surface area contributed by atoms with Gasteiger partial charge in [-0.15, -0.1) is 0 Å². The number of amides is 1. The fourth-order valence-electron chi connectivity index (χ4n) is 2.32. The van der Waals surface area contributed by atoms with Crippen LogP contribution in [0, 0.1) is 0 Å². The summed E-state index contributed by atoms with van der Waals surface area (Å²) in [6, 6.07) is 2.12. The Balaban J connectivity index is 1.94. The maximum absolute atomic E-state index is 12.5. The summed E-state index contributed by atoms with van der Waals surface area (Å²) in [7, 11) is 0. The van der Waals surface area contributed by atoms with Crippen LogP contribution < -0.4 is 4.74 Å². The molecule has 24 heavy (non-hydrogen) atoms. The van der Waals surface area contributed by atoms with Crippen LogP contribution in [0.1, 0.15) is 39.2 Å². The number of carbonyl (C=O) groups excluding carboxylic acids is 1. The van der Waals surface area contributed by atoms with E-state index in [0.717, 1.165) is 18.7 Å². The first kappa shape index (κ1) is 18.4. The van der Waals surface area contributed by atoms with Crippen molar-refractivity contribution in [2.75, 3.05) is 13.1 Å². The summed E-state index contributed by atoms with van der Waals surface area (Å²) in [6.45, 7) is 6.24. The van der Waals surface area contributed by atoms with Crippen LogP contribution in [0.15, 0.2) is 18.3 Å². The lowest BCUT2D eigenvalue weighted by atomic mass is 10.1. The van der Waals surface area contributed by atoms with Gasteiger partial charge in [-0.05, 0) is 39.7 Å². The quantitative estimate of drug-likeness (QED) is 0.815. The SMILES string of the molecule is CC(C)(C)OC(=O)N1CCC[C@H](Oc2ccc(C(F)(F)F)cn2)C1. The largest absolute Gasteiger partial charge is 0.472 e. The van der Waals surface area contributed by atoms with Crippen molar-refractivity contribution in [2.24, 2.45) is 0 Å². The molecule has 1 fully saturated rings. The first-order valence-electron chi connectivity index (χ1n) is 7.72. The van der Waals surface area contributed by atoms with Crippen LogP contribution in [0.4, 0.5) is 18.0 Å². The van der Waals surface area contributed by atoms with Crippen LogP contribution in [0.2, 0.25) is 0 Å². The van der Waals surface area contributed by atoms with Crippen molar-refractivity contribution in [1.29, 1.82) is 0 Å². The van der Waals surface area contributed by atoms with E-state index in [1.807, 2.05) is 0 Å². The molecule has 1 aliphatic rings. The third-order valence-corrected chi connectivity index (χ3v) is 3.38. The van der Waals surface area contributed by atoms with Crippen LogP contribution in [0.3, 0.4) is 0 Å². The number of likely N-dealkylation sites (tertiary alicyclic amines) is 1. The molecule has 0 unspecified atom stereocenters. The Bertz CT molecular complexity index is 567. The fourth-order valence-corrected chi connectivity index (χ4v) is 2.32. The Hall–Kier alpha value is -1.99. The third kappa shape index (κ3) is 5.28. The van der Waals surface area contributed by atoms with E-state index in [9.17, 15) is 18.0 Å². The molecule has 1 atom stereocenters. The normalized spacial score (nSPS) is 19.1. The van der Waals surface area contributed by atoms with Gasteiger partial charge in [0.1, 0.15) is 11.7 Å². The number of nitrogens with zero attached hydrogens (tertiary/aromatic N) is 2. The van der Waals surface area contributed by atoms with Crippen LogP contribution in [-0.2, 0) is 10.9 Å². The molecule has 1 aromatic rings. The van der Waals surface area contributed by atoms with Gasteiger partial charge in [0, 0.05) is 18.8 Å². The lowest BCUT2D eigenvalue weighted by Gasteiger charge is -2.33. The topological polar surface area (TPSA) is 51.7 Å². The average Bonchev–Trinajstić information content (AvgIpc) is 2.45. The average molecular weight is 346 g/mol. The Morgan fingerprint density at radius 1 is 1.29 bits per heavy atom. The number of ether oxygens (including phenoxy) is 2. The maximum atomic E-state index is 12.5. The molecule has 0 aliphatic carbocycles. The summed E-state index contributed by atoms with van der Waals surface area (Å²) in [4.78, 5) is 17.3. The van der Waals surface area contributed by atoms with Crippen molar-refractivity contribution in [1.82, 2.24) is 9.88 Å². The highest BCUT2D eigenvalue weighted by atomic mass is 19.4. The predicted molar refractivity (Wildman–Crippen MR) is 80.7 cm³/mol. The van der Waals surface area contributed by atoms with E-state index in [2.05, 4.69) is 4.98 Å². The molecule has 0 N–H and O–H groups in total. The van der Waals surface area contributed by atoms with E-state index < -0.39 is 23.4 Å². The molecule has 0 radical (unpaired) electrons. The van der Waals surface area contributed by atoms with Gasteiger partial charge in [-0.3, -0.25) is 0 Å². The van der Waals surface area contributed by atoms with Crippen molar-refractivity contribution >= 4 is 6.09 Å². The zero-order chi connectivity index (χ0) is 18.0. The third-order valence-electron chi connectivity index (χ3n) is 3.38. The maximum Gasteiger partial charge on any atom is 0.417 e. The monoisotopic (exact) mass is 346 g/mol. The molecule has 5 nitrogen and oxygen atoms in total. The van der Waals surface area contributed by atoms with Gasteiger partial charge in [0.05, 0.1) is 12.1 Å². The van der Waals surface area contributed by atoms with Crippen molar-refractivity contribution in [2.45, 2.75) is 51.5 Å². The molecule has 1 saturated heterocycles. The van der Waals surface area contributed by atoms with Crippen LogP contribution in [0.5, 0.6) is 5.88 Å². The van der Waals surface area contributed by atoms with Gasteiger partial charge in [-0.25, -0.2) is 9.78 Å². The number of pyridine rings is 1. The molecule has 2 heterocycles. The zero-order valence-electron chi connectivity index (χ0n) is 13.9. The first-order chi connectivity index (χ1) is 11.0.